The Hall–Kier alpha value is -2.00. The molecular weight excluding hydrogens is 435 g/mol. The summed E-state index contributed by atoms with van der Waals surface area (Å²) in [7, 11) is 0. The van der Waals surface area contributed by atoms with Crippen LogP contribution in [0, 0.1) is 17.8 Å². The fraction of sp³-hybridized carbons (Fsp3) is 0.522. The third-order valence-electron chi connectivity index (χ3n) is 4.91. The fourth-order valence-corrected chi connectivity index (χ4v) is 3.96. The van der Waals surface area contributed by atoms with Crippen LogP contribution in [0.25, 0.3) is 4.85 Å². The Labute approximate surface area is 181 Å². The molecule has 0 aromatic heterocycles. The van der Waals surface area contributed by atoms with Gasteiger partial charge in [-0.1, -0.05) is 56.1 Å². The highest BCUT2D eigenvalue weighted by molar-refractivity contribution is 9.10. The number of ether oxygens (including phenoxy) is 1. The lowest BCUT2D eigenvalue weighted by atomic mass is 9.79. The number of rotatable bonds is 6. The maximum atomic E-state index is 13.7. The second-order valence-corrected chi connectivity index (χ2v) is 9.38. The molecule has 0 amide bonds. The summed E-state index contributed by atoms with van der Waals surface area (Å²) in [5.74, 6) is -1.37. The lowest BCUT2D eigenvalue weighted by Crippen LogP contribution is -2.33. The van der Waals surface area contributed by atoms with Crippen molar-refractivity contribution in [2.45, 2.75) is 65.8 Å². The molecule has 0 radical (unpaired) electrons. The Morgan fingerprint density at radius 1 is 1.38 bits per heavy atom. The molecule has 0 spiro atoms. The summed E-state index contributed by atoms with van der Waals surface area (Å²) in [6.45, 7) is 18.1. The molecule has 1 aromatic rings. The Morgan fingerprint density at radius 3 is 2.62 bits per heavy atom. The van der Waals surface area contributed by atoms with Crippen LogP contribution >= 0.6 is 15.9 Å². The van der Waals surface area contributed by atoms with Gasteiger partial charge in [0.25, 0.3) is 6.04 Å². The summed E-state index contributed by atoms with van der Waals surface area (Å²) in [6, 6.07) is 3.71. The minimum atomic E-state index is -0.637. The van der Waals surface area contributed by atoms with Crippen LogP contribution in [0.2, 0.25) is 0 Å². The third-order valence-corrected chi connectivity index (χ3v) is 5.59. The molecule has 2 rings (SSSR count). The van der Waals surface area contributed by atoms with Gasteiger partial charge in [0.1, 0.15) is 11.7 Å². The summed E-state index contributed by atoms with van der Waals surface area (Å²) in [5, 5.41) is 0. The minimum Gasteiger partial charge on any atom is -0.462 e. The number of aliphatic imine (C=N–C) groups is 1. The molecule has 1 aliphatic rings. The maximum absolute atomic E-state index is 13.7. The van der Waals surface area contributed by atoms with Crippen LogP contribution in [0.1, 0.15) is 65.4 Å². The molecule has 0 fully saturated rings. The van der Waals surface area contributed by atoms with E-state index in [2.05, 4.69) is 46.5 Å². The van der Waals surface area contributed by atoms with Crippen LogP contribution < -0.4 is 0 Å². The number of carbonyl (C=O) groups is 1. The fourth-order valence-electron chi connectivity index (χ4n) is 3.36. The first kappa shape index (κ1) is 23.3. The van der Waals surface area contributed by atoms with E-state index in [9.17, 15) is 9.18 Å². The molecule has 1 aliphatic heterocycles. The number of esters is 1. The molecule has 1 heterocycles. The van der Waals surface area contributed by atoms with Crippen molar-refractivity contribution in [1.29, 1.82) is 0 Å². The molecule has 4 nitrogen and oxygen atoms in total. The molecule has 2 atom stereocenters. The molecule has 0 N–H and O–H groups in total. The van der Waals surface area contributed by atoms with Crippen LogP contribution in [0.15, 0.2) is 38.9 Å². The molecule has 156 valence electrons. The van der Waals surface area contributed by atoms with Gasteiger partial charge >= 0.3 is 5.97 Å². The van der Waals surface area contributed by atoms with Crippen LogP contribution in [-0.4, -0.2) is 24.3 Å². The van der Waals surface area contributed by atoms with E-state index >= 15 is 0 Å². The number of hydrogen-bond donors (Lipinski definition) is 0. The van der Waals surface area contributed by atoms with Crippen molar-refractivity contribution in [3.05, 3.63) is 56.7 Å². The van der Waals surface area contributed by atoms with Gasteiger partial charge in [0.05, 0.1) is 23.6 Å². The normalized spacial score (nSPS) is 19.6. The van der Waals surface area contributed by atoms with Gasteiger partial charge in [0.15, 0.2) is 0 Å². The van der Waals surface area contributed by atoms with Crippen molar-refractivity contribution in [2.75, 3.05) is 6.61 Å². The first-order valence-corrected chi connectivity index (χ1v) is 10.6. The molecule has 29 heavy (non-hydrogen) atoms. The number of halogens is 2. The SMILES string of the molecule is [C-]#[N+]C1C(C)=NC(CCC)=C(C(=O)OCCC(C)(C)C)C1c1ccc(F)cc1Br. The van der Waals surface area contributed by atoms with Gasteiger partial charge in [0.2, 0.25) is 0 Å². The lowest BCUT2D eigenvalue weighted by molar-refractivity contribution is -0.140. The highest BCUT2D eigenvalue weighted by Crippen LogP contribution is 2.41. The van der Waals surface area contributed by atoms with Crippen molar-refractivity contribution >= 4 is 27.6 Å². The average Bonchev–Trinajstić information content (AvgIpc) is 2.60. The van der Waals surface area contributed by atoms with Crippen molar-refractivity contribution in [1.82, 2.24) is 0 Å². The van der Waals surface area contributed by atoms with Gasteiger partial charge in [-0.15, -0.1) is 0 Å². The lowest BCUT2D eigenvalue weighted by Gasteiger charge is -2.28. The molecule has 6 heteroatoms. The molecule has 1 aromatic carbocycles. The Kier molecular flexibility index (Phi) is 7.76. The van der Waals surface area contributed by atoms with Gasteiger partial charge in [-0.25, -0.2) is 15.8 Å². The number of carbonyl (C=O) groups excluding carboxylic acids is 1. The van der Waals surface area contributed by atoms with Gasteiger partial charge in [-0.05, 0) is 42.9 Å². The van der Waals surface area contributed by atoms with E-state index in [-0.39, 0.29) is 11.2 Å². The van der Waals surface area contributed by atoms with E-state index in [0.29, 0.717) is 40.0 Å². The Morgan fingerprint density at radius 2 is 2.07 bits per heavy atom. The smallest absolute Gasteiger partial charge is 0.336 e. The largest absolute Gasteiger partial charge is 0.462 e. The predicted molar refractivity (Wildman–Crippen MR) is 117 cm³/mol. The maximum Gasteiger partial charge on any atom is 0.336 e. The van der Waals surface area contributed by atoms with Crippen molar-refractivity contribution in [3.63, 3.8) is 0 Å². The molecule has 0 saturated carbocycles. The Bertz CT molecular complexity index is 878. The van der Waals surface area contributed by atoms with E-state index < -0.39 is 17.9 Å². The van der Waals surface area contributed by atoms with E-state index in [1.54, 1.807) is 6.07 Å². The first-order chi connectivity index (χ1) is 13.6. The van der Waals surface area contributed by atoms with E-state index in [4.69, 9.17) is 11.3 Å². The van der Waals surface area contributed by atoms with Crippen LogP contribution in [0.4, 0.5) is 4.39 Å². The zero-order chi connectivity index (χ0) is 21.8. The van der Waals surface area contributed by atoms with Gasteiger partial charge in [-0.2, -0.15) is 0 Å². The van der Waals surface area contributed by atoms with Crippen LogP contribution in [0.5, 0.6) is 0 Å². The monoisotopic (exact) mass is 462 g/mol. The number of benzene rings is 1. The van der Waals surface area contributed by atoms with Crippen molar-refractivity contribution in [3.8, 4) is 0 Å². The van der Waals surface area contributed by atoms with Crippen LogP contribution in [-0.2, 0) is 9.53 Å². The van der Waals surface area contributed by atoms with E-state index in [1.165, 1.54) is 12.1 Å². The average molecular weight is 463 g/mol. The summed E-state index contributed by atoms with van der Waals surface area (Å²) in [4.78, 5) is 21.5. The predicted octanol–water partition coefficient (Wildman–Crippen LogP) is 6.47. The van der Waals surface area contributed by atoms with E-state index in [0.717, 1.165) is 12.8 Å². The molecule has 0 aliphatic carbocycles. The standard InChI is InChI=1S/C23H28BrFN2O2/c1-7-8-18-20(22(28)29-12-11-23(3,4)5)19(21(26-6)14(2)27-18)16-10-9-15(25)13-17(16)24/h9-10,13,19,21H,7-8,11-12H2,1-5H3. The van der Waals surface area contributed by atoms with Crippen molar-refractivity contribution in [2.24, 2.45) is 10.4 Å². The number of hydrogen-bond acceptors (Lipinski definition) is 3. The van der Waals surface area contributed by atoms with Gasteiger partial charge < -0.3 is 9.58 Å². The molecule has 2 unspecified atom stereocenters. The van der Waals surface area contributed by atoms with E-state index in [1.807, 2.05) is 13.8 Å². The second kappa shape index (κ2) is 9.67. The highest BCUT2D eigenvalue weighted by Gasteiger charge is 2.43. The Balaban J connectivity index is 2.54. The van der Waals surface area contributed by atoms with Crippen LogP contribution in [0.3, 0.4) is 0 Å². The summed E-state index contributed by atoms with van der Waals surface area (Å²) in [5.41, 5.74) is 2.47. The summed E-state index contributed by atoms with van der Waals surface area (Å²) in [6.07, 6.45) is 2.15. The highest BCUT2D eigenvalue weighted by atomic mass is 79.9. The number of allylic oxidation sites excluding steroid dienone is 1. The molecule has 0 saturated heterocycles. The third kappa shape index (κ3) is 5.76. The summed E-state index contributed by atoms with van der Waals surface area (Å²) >= 11 is 3.42. The van der Waals surface area contributed by atoms with Gasteiger partial charge in [-0.3, -0.25) is 4.99 Å². The van der Waals surface area contributed by atoms with Gasteiger partial charge in [0, 0.05) is 4.47 Å². The molecule has 0 bridgehead atoms. The number of nitrogens with zero attached hydrogens (tertiary/aromatic N) is 2. The zero-order valence-electron chi connectivity index (χ0n) is 17.7. The molecular formula is C23H28BrFN2O2. The zero-order valence-corrected chi connectivity index (χ0v) is 19.3. The topological polar surface area (TPSA) is 43.0 Å². The minimum absolute atomic E-state index is 0.0423. The van der Waals surface area contributed by atoms with Crippen molar-refractivity contribution < 1.29 is 13.9 Å². The second-order valence-electron chi connectivity index (χ2n) is 8.53. The summed E-state index contributed by atoms with van der Waals surface area (Å²) < 4.78 is 19.8. The quantitative estimate of drug-likeness (QED) is 0.359. The first-order valence-electron chi connectivity index (χ1n) is 9.86.